The third-order valence-electron chi connectivity index (χ3n) is 5.28. The van der Waals surface area contributed by atoms with Crippen LogP contribution in [0.25, 0.3) is 0 Å². The van der Waals surface area contributed by atoms with Gasteiger partial charge in [-0.05, 0) is 58.3 Å². The number of fused-ring (bicyclic) bond motifs is 3. The summed E-state index contributed by atoms with van der Waals surface area (Å²) < 4.78 is 44.1. The van der Waals surface area contributed by atoms with E-state index in [2.05, 4.69) is 5.32 Å². The SMILES string of the molecule is CC(C)[C@H](NC(=O)[C@@H]1C2CCC(CC2)N1C(=O)OC(C)(C)C)C(=O)C(F)(F)F. The lowest BCUT2D eigenvalue weighted by atomic mass is 9.74. The quantitative estimate of drug-likeness (QED) is 0.776. The van der Waals surface area contributed by atoms with Crippen molar-refractivity contribution in [3.05, 3.63) is 0 Å². The molecule has 6 nitrogen and oxygen atoms in total. The van der Waals surface area contributed by atoms with Crippen molar-refractivity contribution in [2.75, 3.05) is 0 Å². The molecule has 2 bridgehead atoms. The van der Waals surface area contributed by atoms with Crippen LogP contribution in [-0.2, 0) is 14.3 Å². The minimum atomic E-state index is -5.04. The molecule has 3 fully saturated rings. The zero-order chi connectivity index (χ0) is 21.4. The van der Waals surface area contributed by atoms with Gasteiger partial charge in [0.2, 0.25) is 5.91 Å². The molecule has 3 aliphatic rings. The van der Waals surface area contributed by atoms with Crippen molar-refractivity contribution in [3.8, 4) is 0 Å². The molecule has 0 radical (unpaired) electrons. The lowest BCUT2D eigenvalue weighted by molar-refractivity contribution is -0.175. The van der Waals surface area contributed by atoms with Crippen molar-refractivity contribution in [3.63, 3.8) is 0 Å². The molecule has 9 heteroatoms. The Morgan fingerprint density at radius 1 is 1.04 bits per heavy atom. The molecule has 1 N–H and O–H groups in total. The van der Waals surface area contributed by atoms with Crippen LogP contribution in [0.2, 0.25) is 0 Å². The van der Waals surface area contributed by atoms with Crippen molar-refractivity contribution in [1.82, 2.24) is 10.2 Å². The summed E-state index contributed by atoms with van der Waals surface area (Å²) in [6, 6.07) is -2.80. The monoisotopic (exact) mass is 406 g/mol. The fourth-order valence-electron chi connectivity index (χ4n) is 4.02. The Morgan fingerprint density at radius 3 is 2.00 bits per heavy atom. The standard InChI is InChI=1S/C19H29F3N2O4/c1-10(2)13(15(25)19(20,21)22)23-16(26)14-11-6-8-12(9-7-11)24(14)17(27)28-18(3,4)5/h10-14H,6-9H2,1-5H3,(H,23,26)/t11?,12?,13-,14-/m0/s1. The molecule has 3 rings (SSSR count). The lowest BCUT2D eigenvalue weighted by Gasteiger charge is -2.50. The number of carbonyl (C=O) groups is 3. The highest BCUT2D eigenvalue weighted by Crippen LogP contribution is 2.40. The van der Waals surface area contributed by atoms with Crippen molar-refractivity contribution >= 4 is 17.8 Å². The first kappa shape index (κ1) is 22.5. The van der Waals surface area contributed by atoms with Gasteiger partial charge in [-0.25, -0.2) is 4.79 Å². The molecule has 0 aromatic carbocycles. The molecule has 2 saturated heterocycles. The van der Waals surface area contributed by atoms with Gasteiger partial charge in [0.1, 0.15) is 11.6 Å². The van der Waals surface area contributed by atoms with Gasteiger partial charge in [-0.1, -0.05) is 13.8 Å². The van der Waals surface area contributed by atoms with Gasteiger partial charge in [-0.15, -0.1) is 0 Å². The number of carbonyl (C=O) groups excluding carboxylic acids is 3. The van der Waals surface area contributed by atoms with Gasteiger partial charge in [-0.2, -0.15) is 13.2 Å². The van der Waals surface area contributed by atoms with E-state index in [1.807, 2.05) is 0 Å². The van der Waals surface area contributed by atoms with Crippen LogP contribution in [0.15, 0.2) is 0 Å². The zero-order valence-corrected chi connectivity index (χ0v) is 16.9. The van der Waals surface area contributed by atoms with E-state index in [9.17, 15) is 27.6 Å². The first-order valence-corrected chi connectivity index (χ1v) is 9.65. The maximum atomic E-state index is 12.9. The molecular formula is C19H29F3N2O4. The highest BCUT2D eigenvalue weighted by molar-refractivity contribution is 5.95. The normalized spacial score (nSPS) is 26.2. The summed E-state index contributed by atoms with van der Waals surface area (Å²) in [5, 5.41) is 2.27. The summed E-state index contributed by atoms with van der Waals surface area (Å²) >= 11 is 0. The topological polar surface area (TPSA) is 75.7 Å². The molecular weight excluding hydrogens is 377 g/mol. The molecule has 28 heavy (non-hydrogen) atoms. The van der Waals surface area contributed by atoms with Gasteiger partial charge in [0, 0.05) is 6.04 Å². The average Bonchev–Trinajstić information content (AvgIpc) is 2.56. The average molecular weight is 406 g/mol. The van der Waals surface area contributed by atoms with Crippen LogP contribution in [-0.4, -0.2) is 52.6 Å². The first-order valence-electron chi connectivity index (χ1n) is 9.65. The Bertz CT molecular complexity index is 620. The van der Waals surface area contributed by atoms with E-state index >= 15 is 0 Å². The molecule has 0 aromatic rings. The molecule has 0 unspecified atom stereocenters. The number of nitrogens with zero attached hydrogens (tertiary/aromatic N) is 1. The Kier molecular flexibility index (Phi) is 6.35. The summed E-state index contributed by atoms with van der Waals surface area (Å²) in [6.45, 7) is 8.00. The smallest absolute Gasteiger partial charge is 0.444 e. The fourth-order valence-corrected chi connectivity index (χ4v) is 4.02. The minimum Gasteiger partial charge on any atom is -0.444 e. The number of piperidine rings is 2. The number of nitrogens with one attached hydrogen (secondary N) is 1. The highest BCUT2D eigenvalue weighted by Gasteiger charge is 2.51. The van der Waals surface area contributed by atoms with E-state index in [1.165, 1.54) is 18.7 Å². The van der Waals surface area contributed by atoms with Crippen molar-refractivity contribution < 1.29 is 32.3 Å². The van der Waals surface area contributed by atoms with E-state index in [-0.39, 0.29) is 12.0 Å². The van der Waals surface area contributed by atoms with Crippen molar-refractivity contribution in [1.29, 1.82) is 0 Å². The molecule has 2 aliphatic heterocycles. The summed E-state index contributed by atoms with van der Waals surface area (Å²) in [7, 11) is 0. The Labute approximate surface area is 163 Å². The largest absolute Gasteiger partial charge is 0.452 e. The van der Waals surface area contributed by atoms with Crippen LogP contribution in [0.4, 0.5) is 18.0 Å². The molecule has 1 saturated carbocycles. The predicted molar refractivity (Wildman–Crippen MR) is 95.4 cm³/mol. The lowest BCUT2D eigenvalue weighted by Crippen LogP contribution is -2.65. The third kappa shape index (κ3) is 4.97. The number of ether oxygens (including phenoxy) is 1. The number of Topliss-reactive ketones (excluding diaryl/α,β-unsaturated/α-hetero) is 1. The predicted octanol–water partition coefficient (Wildman–Crippen LogP) is 3.44. The van der Waals surface area contributed by atoms with Gasteiger partial charge in [0.15, 0.2) is 0 Å². The molecule has 0 aromatic heterocycles. The number of amides is 2. The van der Waals surface area contributed by atoms with E-state index in [0.717, 1.165) is 12.8 Å². The maximum Gasteiger partial charge on any atom is 0.452 e. The second-order valence-corrected chi connectivity index (χ2v) is 8.99. The minimum absolute atomic E-state index is 0.161. The number of rotatable bonds is 4. The summed E-state index contributed by atoms with van der Waals surface area (Å²) in [5.41, 5.74) is -0.762. The number of alkyl halides is 3. The van der Waals surface area contributed by atoms with Crippen LogP contribution in [0.3, 0.4) is 0 Å². The van der Waals surface area contributed by atoms with Gasteiger partial charge >= 0.3 is 12.3 Å². The van der Waals surface area contributed by atoms with Crippen LogP contribution in [0.5, 0.6) is 0 Å². The Morgan fingerprint density at radius 2 is 1.57 bits per heavy atom. The maximum absolute atomic E-state index is 12.9. The molecule has 1 aliphatic carbocycles. The van der Waals surface area contributed by atoms with Crippen LogP contribution in [0, 0.1) is 11.8 Å². The number of hydrogen-bond acceptors (Lipinski definition) is 4. The van der Waals surface area contributed by atoms with Crippen LogP contribution >= 0.6 is 0 Å². The zero-order valence-electron chi connectivity index (χ0n) is 16.9. The number of hydrogen-bond donors (Lipinski definition) is 1. The molecule has 2 heterocycles. The third-order valence-corrected chi connectivity index (χ3v) is 5.28. The second kappa shape index (κ2) is 7.91. The first-order chi connectivity index (χ1) is 12.7. The van der Waals surface area contributed by atoms with Crippen molar-refractivity contribution in [2.24, 2.45) is 11.8 Å². The van der Waals surface area contributed by atoms with Gasteiger partial charge in [0.05, 0.1) is 6.04 Å². The molecule has 2 atom stereocenters. The van der Waals surface area contributed by atoms with Gasteiger partial charge < -0.3 is 10.1 Å². The van der Waals surface area contributed by atoms with E-state index in [1.54, 1.807) is 20.8 Å². The number of halogens is 3. The molecule has 2 amide bonds. The fraction of sp³-hybridized carbons (Fsp3) is 0.842. The second-order valence-electron chi connectivity index (χ2n) is 8.99. The molecule has 160 valence electrons. The molecule has 0 spiro atoms. The Balaban J connectivity index is 2.24. The summed E-state index contributed by atoms with van der Waals surface area (Å²) in [6.07, 6.45) is -2.82. The van der Waals surface area contributed by atoms with Gasteiger partial charge in [-0.3, -0.25) is 14.5 Å². The summed E-state index contributed by atoms with van der Waals surface area (Å²) in [5.74, 6) is -3.61. The number of ketones is 1. The van der Waals surface area contributed by atoms with E-state index in [4.69, 9.17) is 4.74 Å². The van der Waals surface area contributed by atoms with Gasteiger partial charge in [0.25, 0.3) is 5.78 Å². The summed E-state index contributed by atoms with van der Waals surface area (Å²) in [4.78, 5) is 38.8. The Hall–Kier alpha value is -1.80. The van der Waals surface area contributed by atoms with Crippen LogP contribution < -0.4 is 5.32 Å². The van der Waals surface area contributed by atoms with E-state index < -0.39 is 47.6 Å². The van der Waals surface area contributed by atoms with Crippen LogP contribution in [0.1, 0.15) is 60.3 Å². The highest BCUT2D eigenvalue weighted by atomic mass is 19.4. The van der Waals surface area contributed by atoms with E-state index in [0.29, 0.717) is 12.8 Å². The van der Waals surface area contributed by atoms with Crippen molar-refractivity contribution in [2.45, 2.75) is 90.2 Å².